The lowest BCUT2D eigenvalue weighted by Crippen LogP contribution is -2.17. The lowest BCUT2D eigenvalue weighted by molar-refractivity contribution is -0.274. The third kappa shape index (κ3) is 4.39. The van der Waals surface area contributed by atoms with E-state index < -0.39 is 12.5 Å². The molecule has 4 nitrogen and oxygen atoms in total. The van der Waals surface area contributed by atoms with Gasteiger partial charge in [0, 0.05) is 18.9 Å². The average Bonchev–Trinajstić information content (AvgIpc) is 3.02. The molecule has 3 aromatic rings. The van der Waals surface area contributed by atoms with Crippen LogP contribution < -0.4 is 4.74 Å². The van der Waals surface area contributed by atoms with Crippen LogP contribution in [0.2, 0.25) is 0 Å². The number of alkyl halides is 3. The summed E-state index contributed by atoms with van der Waals surface area (Å²) in [7, 11) is 0. The number of aromatic nitrogens is 2. The fraction of sp³-hybridized carbons (Fsp3) is 0.167. The summed E-state index contributed by atoms with van der Waals surface area (Å²) in [4.78, 5) is 4.17. The first kappa shape index (κ1) is 17.0. The normalized spacial score (nSPS) is 12.8. The van der Waals surface area contributed by atoms with Crippen LogP contribution in [-0.4, -0.2) is 21.0 Å². The Morgan fingerprint density at radius 1 is 1.04 bits per heavy atom. The summed E-state index contributed by atoms with van der Waals surface area (Å²) < 4.78 is 42.2. The molecule has 0 aliphatic carbocycles. The maximum atomic E-state index is 12.2. The molecule has 1 aromatic heterocycles. The van der Waals surface area contributed by atoms with Gasteiger partial charge in [-0.2, -0.15) is 0 Å². The molecule has 0 radical (unpaired) electrons. The van der Waals surface area contributed by atoms with E-state index in [0.717, 1.165) is 17.7 Å². The van der Waals surface area contributed by atoms with Gasteiger partial charge in [0.05, 0.1) is 0 Å². The van der Waals surface area contributed by atoms with E-state index in [9.17, 15) is 18.3 Å². The number of halogens is 3. The molecule has 0 bridgehead atoms. The minimum absolute atomic E-state index is 0.337. The molecule has 0 amide bonds. The van der Waals surface area contributed by atoms with Crippen molar-refractivity contribution in [3.63, 3.8) is 0 Å². The zero-order valence-corrected chi connectivity index (χ0v) is 13.0. The molecule has 2 aromatic carbocycles. The average molecular weight is 348 g/mol. The number of ether oxygens (including phenoxy) is 1. The number of benzene rings is 2. The number of hydrogen-bond acceptors (Lipinski definition) is 3. The number of nitrogens with zero attached hydrogens (tertiary/aromatic N) is 2. The molecule has 0 spiro atoms. The fourth-order valence-corrected chi connectivity index (χ4v) is 2.48. The second kappa shape index (κ2) is 6.98. The third-order valence-corrected chi connectivity index (χ3v) is 3.62. The molecule has 1 atom stereocenters. The van der Waals surface area contributed by atoms with Gasteiger partial charge in [-0.1, -0.05) is 42.5 Å². The Hall–Kier alpha value is -2.80. The molecule has 7 heteroatoms. The van der Waals surface area contributed by atoms with Crippen molar-refractivity contribution in [2.24, 2.45) is 0 Å². The molecule has 3 rings (SSSR count). The largest absolute Gasteiger partial charge is 0.573 e. The molecule has 0 saturated heterocycles. The van der Waals surface area contributed by atoms with Crippen molar-refractivity contribution in [3.8, 4) is 5.75 Å². The number of hydrogen-bond donors (Lipinski definition) is 1. The Bertz CT molecular complexity index is 814. The molecular weight excluding hydrogens is 333 g/mol. The second-order valence-corrected chi connectivity index (χ2v) is 5.42. The summed E-state index contributed by atoms with van der Waals surface area (Å²) in [5.41, 5.74) is 1.47. The molecule has 0 aliphatic heterocycles. The van der Waals surface area contributed by atoms with Crippen molar-refractivity contribution < 1.29 is 23.0 Å². The molecular formula is C18H15F3N2O2. The zero-order valence-electron chi connectivity index (χ0n) is 13.0. The van der Waals surface area contributed by atoms with E-state index >= 15 is 0 Å². The van der Waals surface area contributed by atoms with E-state index in [1.165, 1.54) is 12.1 Å². The number of aliphatic hydroxyl groups is 1. The lowest BCUT2D eigenvalue weighted by Gasteiger charge is -2.15. The van der Waals surface area contributed by atoms with E-state index in [1.807, 2.05) is 30.3 Å². The van der Waals surface area contributed by atoms with E-state index in [-0.39, 0.29) is 5.75 Å². The van der Waals surface area contributed by atoms with Gasteiger partial charge in [0.2, 0.25) is 0 Å². The molecule has 130 valence electrons. The Balaban J connectivity index is 1.77. The molecule has 1 heterocycles. The summed E-state index contributed by atoms with van der Waals surface area (Å²) in [6.07, 6.45) is -2.49. The molecule has 25 heavy (non-hydrogen) atoms. The van der Waals surface area contributed by atoms with Crippen molar-refractivity contribution in [3.05, 3.63) is 83.9 Å². The molecule has 0 aliphatic rings. The van der Waals surface area contributed by atoms with Crippen molar-refractivity contribution in [2.75, 3.05) is 0 Å². The Labute approximate surface area is 142 Å². The highest BCUT2D eigenvalue weighted by Crippen LogP contribution is 2.26. The molecule has 0 saturated carbocycles. The maximum Gasteiger partial charge on any atom is 0.573 e. The minimum atomic E-state index is -4.74. The SMILES string of the molecule is OC(c1ccc(OC(F)(F)F)cc1)c1nccn1Cc1ccccc1. The number of rotatable bonds is 5. The predicted octanol–water partition coefficient (Wildman–Crippen LogP) is 3.91. The topological polar surface area (TPSA) is 47.3 Å². The second-order valence-electron chi connectivity index (χ2n) is 5.42. The monoisotopic (exact) mass is 348 g/mol. The van der Waals surface area contributed by atoms with Crippen LogP contribution in [0.3, 0.4) is 0 Å². The van der Waals surface area contributed by atoms with Crippen molar-refractivity contribution >= 4 is 0 Å². The van der Waals surface area contributed by atoms with Crippen LogP contribution in [0.1, 0.15) is 23.1 Å². The maximum absolute atomic E-state index is 12.2. The Morgan fingerprint density at radius 3 is 2.36 bits per heavy atom. The van der Waals surface area contributed by atoms with Gasteiger partial charge in [0.25, 0.3) is 0 Å². The van der Waals surface area contributed by atoms with Crippen LogP contribution in [0, 0.1) is 0 Å². The van der Waals surface area contributed by atoms with E-state index in [4.69, 9.17) is 0 Å². The van der Waals surface area contributed by atoms with E-state index in [0.29, 0.717) is 17.9 Å². The summed E-state index contributed by atoms with van der Waals surface area (Å²) >= 11 is 0. The highest BCUT2D eigenvalue weighted by molar-refractivity contribution is 5.31. The number of imidazole rings is 1. The molecule has 1 N–H and O–H groups in total. The lowest BCUT2D eigenvalue weighted by atomic mass is 10.1. The first-order chi connectivity index (χ1) is 11.9. The number of aliphatic hydroxyl groups excluding tert-OH is 1. The fourth-order valence-electron chi connectivity index (χ4n) is 2.48. The van der Waals surface area contributed by atoms with Crippen LogP contribution in [0.4, 0.5) is 13.2 Å². The first-order valence-corrected chi connectivity index (χ1v) is 7.51. The van der Waals surface area contributed by atoms with Gasteiger partial charge in [0.15, 0.2) is 0 Å². The summed E-state index contributed by atoms with van der Waals surface area (Å²) in [5.74, 6) is 0.0735. The quantitative estimate of drug-likeness (QED) is 0.760. The Morgan fingerprint density at radius 2 is 1.72 bits per heavy atom. The highest BCUT2D eigenvalue weighted by Gasteiger charge is 2.31. The molecule has 1 unspecified atom stereocenters. The van der Waals surface area contributed by atoms with Gasteiger partial charge in [-0.05, 0) is 23.3 Å². The minimum Gasteiger partial charge on any atom is -0.406 e. The Kier molecular flexibility index (Phi) is 4.76. The van der Waals surface area contributed by atoms with Crippen molar-refractivity contribution in [2.45, 2.75) is 19.0 Å². The van der Waals surface area contributed by atoms with Crippen LogP contribution >= 0.6 is 0 Å². The van der Waals surface area contributed by atoms with Crippen LogP contribution in [0.25, 0.3) is 0 Å². The van der Waals surface area contributed by atoms with Gasteiger partial charge in [0.1, 0.15) is 17.7 Å². The van der Waals surface area contributed by atoms with Crippen LogP contribution in [0.5, 0.6) is 5.75 Å². The smallest absolute Gasteiger partial charge is 0.406 e. The standard InChI is InChI=1S/C18H15F3N2O2/c19-18(20,21)25-15-8-6-14(7-9-15)16(24)17-22-10-11-23(17)12-13-4-2-1-3-5-13/h1-11,16,24H,12H2. The van der Waals surface area contributed by atoms with Gasteiger partial charge >= 0.3 is 6.36 Å². The van der Waals surface area contributed by atoms with Gasteiger partial charge < -0.3 is 14.4 Å². The van der Waals surface area contributed by atoms with Gasteiger partial charge in [-0.3, -0.25) is 0 Å². The van der Waals surface area contributed by atoms with Crippen molar-refractivity contribution in [1.29, 1.82) is 0 Å². The van der Waals surface area contributed by atoms with E-state index in [2.05, 4.69) is 9.72 Å². The van der Waals surface area contributed by atoms with Crippen molar-refractivity contribution in [1.82, 2.24) is 9.55 Å². The van der Waals surface area contributed by atoms with Crippen LogP contribution in [-0.2, 0) is 6.54 Å². The predicted molar refractivity (Wildman–Crippen MR) is 85.0 cm³/mol. The summed E-state index contributed by atoms with van der Waals surface area (Å²) in [6, 6.07) is 14.8. The summed E-state index contributed by atoms with van der Waals surface area (Å²) in [5, 5.41) is 10.5. The highest BCUT2D eigenvalue weighted by atomic mass is 19.4. The molecule has 0 fully saturated rings. The van der Waals surface area contributed by atoms with Gasteiger partial charge in [-0.15, -0.1) is 13.2 Å². The van der Waals surface area contributed by atoms with Gasteiger partial charge in [-0.25, -0.2) is 4.98 Å². The first-order valence-electron chi connectivity index (χ1n) is 7.51. The zero-order chi connectivity index (χ0) is 17.9. The third-order valence-electron chi connectivity index (χ3n) is 3.62. The summed E-state index contributed by atoms with van der Waals surface area (Å²) in [6.45, 7) is 0.530. The van der Waals surface area contributed by atoms with Crippen LogP contribution in [0.15, 0.2) is 67.0 Å². The van der Waals surface area contributed by atoms with E-state index in [1.54, 1.807) is 17.0 Å².